The van der Waals surface area contributed by atoms with Crippen LogP contribution in [0, 0.1) is 0 Å². The normalized spacial score (nSPS) is 10.2. The van der Waals surface area contributed by atoms with Crippen LogP contribution >= 0.6 is 0 Å². The molecule has 0 fully saturated rings. The Morgan fingerprint density at radius 1 is 0.583 bits per heavy atom. The maximum Gasteiger partial charge on any atom is 0.0877 e. The molecule has 2 N–H and O–H groups in total. The first kappa shape index (κ1) is 15.9. The molecule has 3 nitrogen and oxygen atoms in total. The summed E-state index contributed by atoms with van der Waals surface area (Å²) in [6.07, 6.45) is 0. The van der Waals surface area contributed by atoms with E-state index in [2.05, 4.69) is 70.1 Å². The summed E-state index contributed by atoms with van der Waals surface area (Å²) in [4.78, 5) is 2.34. The smallest absolute Gasteiger partial charge is 0.0877 e. The first-order chi connectivity index (χ1) is 11.9. The predicted molar refractivity (Wildman–Crippen MR) is 104 cm³/mol. The number of benzene rings is 3. The third-order valence-electron chi connectivity index (χ3n) is 3.85. The first-order valence-electron chi connectivity index (χ1n) is 8.30. The zero-order valence-corrected chi connectivity index (χ0v) is 13.7. The number of anilines is 3. The highest BCUT2D eigenvalue weighted by molar-refractivity contribution is 5.50. The molecule has 3 heteroatoms. The fourth-order valence-electron chi connectivity index (χ4n) is 2.57. The van der Waals surface area contributed by atoms with Gasteiger partial charge >= 0.3 is 0 Å². The molecule has 0 saturated carbocycles. The Morgan fingerprint density at radius 3 is 1.67 bits per heavy atom. The molecule has 0 aliphatic rings. The fourth-order valence-corrected chi connectivity index (χ4v) is 2.57. The van der Waals surface area contributed by atoms with E-state index in [4.69, 9.17) is 0 Å². The van der Waals surface area contributed by atoms with Crippen LogP contribution in [0.3, 0.4) is 0 Å². The summed E-state index contributed by atoms with van der Waals surface area (Å²) in [5, 5.41) is 6.96. The Bertz CT molecular complexity index is 699. The van der Waals surface area contributed by atoms with E-state index in [-0.39, 0.29) is 0 Å². The van der Waals surface area contributed by atoms with Gasteiger partial charge in [-0.2, -0.15) is 0 Å². The van der Waals surface area contributed by atoms with Crippen molar-refractivity contribution in [1.82, 2.24) is 0 Å². The van der Waals surface area contributed by atoms with Crippen LogP contribution in [0.1, 0.15) is 0 Å². The van der Waals surface area contributed by atoms with Crippen molar-refractivity contribution >= 4 is 17.1 Å². The summed E-state index contributed by atoms with van der Waals surface area (Å²) < 4.78 is 0. The van der Waals surface area contributed by atoms with Crippen molar-refractivity contribution in [3.05, 3.63) is 91.0 Å². The van der Waals surface area contributed by atoms with E-state index < -0.39 is 0 Å². The van der Waals surface area contributed by atoms with Crippen LogP contribution in [0.15, 0.2) is 91.0 Å². The molecule has 0 aliphatic heterocycles. The fraction of sp³-hybridized carbons (Fsp3) is 0.143. The number of rotatable bonds is 8. The first-order valence-corrected chi connectivity index (χ1v) is 8.30. The van der Waals surface area contributed by atoms with E-state index >= 15 is 0 Å². The Hall–Kier alpha value is -2.94. The van der Waals surface area contributed by atoms with Gasteiger partial charge in [-0.05, 0) is 36.4 Å². The van der Waals surface area contributed by atoms with Crippen LogP contribution < -0.4 is 15.5 Å². The molecular weight excluding hydrogens is 294 g/mol. The van der Waals surface area contributed by atoms with Crippen LogP contribution in [0.2, 0.25) is 0 Å². The predicted octanol–water partition coefficient (Wildman–Crippen LogP) is 4.67. The van der Waals surface area contributed by atoms with Crippen LogP contribution in [-0.4, -0.2) is 19.8 Å². The van der Waals surface area contributed by atoms with E-state index in [0.717, 1.165) is 31.1 Å². The van der Waals surface area contributed by atoms with Gasteiger partial charge in [0.15, 0.2) is 0 Å². The van der Waals surface area contributed by atoms with E-state index in [9.17, 15) is 0 Å². The summed E-state index contributed by atoms with van der Waals surface area (Å²) in [6.45, 7) is 2.57. The third kappa shape index (κ3) is 4.78. The van der Waals surface area contributed by atoms with Gasteiger partial charge in [0.25, 0.3) is 0 Å². The van der Waals surface area contributed by atoms with Gasteiger partial charge in [-0.3, -0.25) is 0 Å². The maximum atomic E-state index is 3.49. The van der Waals surface area contributed by atoms with Gasteiger partial charge in [0.05, 0.1) is 6.67 Å². The lowest BCUT2D eigenvalue weighted by Crippen LogP contribution is -2.33. The van der Waals surface area contributed by atoms with Gasteiger partial charge < -0.3 is 15.5 Å². The SMILES string of the molecule is c1ccc(NCCN(CNc2ccccc2)c2ccccc2)cc1. The number of para-hydroxylation sites is 3. The minimum absolute atomic E-state index is 0.768. The average molecular weight is 317 g/mol. The Morgan fingerprint density at radius 2 is 1.08 bits per heavy atom. The largest absolute Gasteiger partial charge is 0.383 e. The molecule has 0 radical (unpaired) electrons. The van der Waals surface area contributed by atoms with Gasteiger partial charge in [-0.25, -0.2) is 0 Å². The molecule has 0 bridgehead atoms. The summed E-state index contributed by atoms with van der Waals surface area (Å²) in [5.74, 6) is 0. The number of nitrogens with zero attached hydrogens (tertiary/aromatic N) is 1. The van der Waals surface area contributed by atoms with Crippen molar-refractivity contribution < 1.29 is 0 Å². The van der Waals surface area contributed by atoms with Crippen molar-refractivity contribution in [2.24, 2.45) is 0 Å². The average Bonchev–Trinajstić information content (AvgIpc) is 2.67. The van der Waals surface area contributed by atoms with Crippen LogP contribution in [-0.2, 0) is 0 Å². The highest BCUT2D eigenvalue weighted by Crippen LogP contribution is 2.14. The van der Waals surface area contributed by atoms with Gasteiger partial charge in [0.2, 0.25) is 0 Å². The van der Waals surface area contributed by atoms with Crippen molar-refractivity contribution in [3.63, 3.8) is 0 Å². The molecule has 0 atom stereocenters. The van der Waals surface area contributed by atoms with Gasteiger partial charge in [-0.1, -0.05) is 54.6 Å². The summed E-state index contributed by atoms with van der Waals surface area (Å²) in [6, 6.07) is 31.1. The van der Waals surface area contributed by atoms with Crippen molar-refractivity contribution in [2.45, 2.75) is 0 Å². The Labute approximate surface area is 143 Å². The van der Waals surface area contributed by atoms with E-state index in [0.29, 0.717) is 0 Å². The number of nitrogens with one attached hydrogen (secondary N) is 2. The highest BCUT2D eigenvalue weighted by Gasteiger charge is 2.05. The quantitative estimate of drug-likeness (QED) is 0.591. The number of hydrogen-bond donors (Lipinski definition) is 2. The molecule has 0 unspecified atom stereocenters. The molecule has 0 aromatic heterocycles. The van der Waals surface area contributed by atoms with Crippen LogP contribution in [0.5, 0.6) is 0 Å². The van der Waals surface area contributed by atoms with E-state index in [1.165, 1.54) is 5.69 Å². The molecule has 24 heavy (non-hydrogen) atoms. The minimum Gasteiger partial charge on any atom is -0.383 e. The molecule has 3 aromatic carbocycles. The molecule has 122 valence electrons. The lowest BCUT2D eigenvalue weighted by Gasteiger charge is -2.26. The van der Waals surface area contributed by atoms with Crippen molar-refractivity contribution in [3.8, 4) is 0 Å². The van der Waals surface area contributed by atoms with Gasteiger partial charge in [-0.15, -0.1) is 0 Å². The van der Waals surface area contributed by atoms with Crippen LogP contribution in [0.4, 0.5) is 17.1 Å². The molecular formula is C21H23N3. The Kier molecular flexibility index (Phi) is 5.73. The number of hydrogen-bond acceptors (Lipinski definition) is 3. The minimum atomic E-state index is 0.768. The molecule has 0 spiro atoms. The zero-order chi connectivity index (χ0) is 16.5. The monoisotopic (exact) mass is 317 g/mol. The van der Waals surface area contributed by atoms with Gasteiger partial charge in [0, 0.05) is 30.2 Å². The molecule has 0 saturated heterocycles. The van der Waals surface area contributed by atoms with Crippen molar-refractivity contribution in [2.75, 3.05) is 35.3 Å². The third-order valence-corrected chi connectivity index (χ3v) is 3.85. The Balaban J connectivity index is 1.59. The summed E-state index contributed by atoms with van der Waals surface area (Å²) >= 11 is 0. The van der Waals surface area contributed by atoms with Crippen molar-refractivity contribution in [1.29, 1.82) is 0 Å². The molecule has 0 amide bonds. The van der Waals surface area contributed by atoms with E-state index in [1.54, 1.807) is 0 Å². The maximum absolute atomic E-state index is 3.49. The van der Waals surface area contributed by atoms with E-state index in [1.807, 2.05) is 36.4 Å². The molecule has 3 aromatic rings. The topological polar surface area (TPSA) is 27.3 Å². The molecule has 0 heterocycles. The highest BCUT2D eigenvalue weighted by atomic mass is 15.2. The van der Waals surface area contributed by atoms with Crippen LogP contribution in [0.25, 0.3) is 0 Å². The summed E-state index contributed by atoms with van der Waals surface area (Å²) in [5.41, 5.74) is 3.51. The molecule has 0 aliphatic carbocycles. The second-order valence-corrected chi connectivity index (χ2v) is 5.59. The standard InChI is InChI=1S/C21H23N3/c1-4-10-19(11-5-1)22-16-17-24(21-14-8-3-9-15-21)18-23-20-12-6-2-7-13-20/h1-15,22-23H,16-18H2. The van der Waals surface area contributed by atoms with Gasteiger partial charge in [0.1, 0.15) is 0 Å². The molecule has 3 rings (SSSR count). The summed E-state index contributed by atoms with van der Waals surface area (Å²) in [7, 11) is 0. The zero-order valence-electron chi connectivity index (χ0n) is 13.7. The lowest BCUT2D eigenvalue weighted by atomic mass is 10.3. The second-order valence-electron chi connectivity index (χ2n) is 5.59. The second kappa shape index (κ2) is 8.63. The lowest BCUT2D eigenvalue weighted by molar-refractivity contribution is 0.842.